The first kappa shape index (κ1) is 26.9. The van der Waals surface area contributed by atoms with Gasteiger partial charge in [-0.2, -0.15) is 4.98 Å². The average molecular weight is 493 g/mol. The Morgan fingerprint density at radius 3 is 2.00 bits per heavy atom. The maximum Gasteiger partial charge on any atom is 0.495 e. The molecule has 0 aliphatic carbocycles. The van der Waals surface area contributed by atoms with Gasteiger partial charge in [0.1, 0.15) is 0 Å². The minimum atomic E-state index is -2.57. The Balaban J connectivity index is 1.81. The zero-order chi connectivity index (χ0) is 25.5. The summed E-state index contributed by atoms with van der Waals surface area (Å²) in [5.74, 6) is 0.645. The summed E-state index contributed by atoms with van der Waals surface area (Å²) in [6.07, 6.45) is 2.18. The van der Waals surface area contributed by atoms with E-state index in [1.807, 2.05) is 24.0 Å². The van der Waals surface area contributed by atoms with Crippen molar-refractivity contribution >= 4 is 37.2 Å². The predicted molar refractivity (Wildman–Crippen MR) is 144 cm³/mol. The second-order valence-electron chi connectivity index (χ2n) is 9.45. The third kappa shape index (κ3) is 5.93. The van der Waals surface area contributed by atoms with Crippen LogP contribution in [0.15, 0.2) is 66.9 Å². The number of anilines is 1. The summed E-state index contributed by atoms with van der Waals surface area (Å²) in [6, 6.07) is 21.2. The van der Waals surface area contributed by atoms with Gasteiger partial charge in [0.25, 0.3) is 8.32 Å². The predicted octanol–water partition coefficient (Wildman–Crippen LogP) is 1.96. The van der Waals surface area contributed by atoms with Crippen molar-refractivity contribution in [2.45, 2.75) is 39.2 Å². The lowest BCUT2D eigenvalue weighted by molar-refractivity contribution is 0.292. The number of nitrogens with zero attached hydrogens (tertiary/aromatic N) is 3. The molecule has 0 amide bonds. The van der Waals surface area contributed by atoms with E-state index in [0.717, 1.165) is 6.42 Å². The molecule has 2 aromatic carbocycles. The van der Waals surface area contributed by atoms with Gasteiger partial charge in [0.2, 0.25) is 11.8 Å². The molecule has 7 nitrogen and oxygen atoms in total. The van der Waals surface area contributed by atoms with Crippen LogP contribution in [0.4, 0.5) is 5.95 Å². The lowest BCUT2D eigenvalue weighted by Crippen LogP contribution is -2.66. The number of hydrogen-bond donors (Lipinski definition) is 2. The van der Waals surface area contributed by atoms with Crippen LogP contribution < -0.4 is 25.5 Å². The highest BCUT2D eigenvalue weighted by Crippen LogP contribution is 2.36. The topological polar surface area (TPSA) is 87.9 Å². The summed E-state index contributed by atoms with van der Waals surface area (Å²) in [5, 5.41) is 21.4. The Hall–Kier alpha value is -2.72. The number of ether oxygens (including phenoxy) is 1. The number of rotatable bonds is 11. The lowest BCUT2D eigenvalue weighted by Gasteiger charge is -2.43. The molecule has 0 saturated heterocycles. The maximum atomic E-state index is 9.49. The normalized spacial score (nSPS) is 11.9. The molecule has 1 aromatic heterocycles. The zero-order valence-corrected chi connectivity index (χ0v) is 22.3. The molecule has 0 aliphatic rings. The van der Waals surface area contributed by atoms with Crippen LogP contribution in [-0.2, 0) is 4.43 Å². The van der Waals surface area contributed by atoms with Crippen molar-refractivity contribution in [1.82, 2.24) is 9.97 Å². The molecule has 9 heteroatoms. The molecule has 35 heavy (non-hydrogen) atoms. The van der Waals surface area contributed by atoms with E-state index in [2.05, 4.69) is 79.3 Å². The molecule has 0 unspecified atom stereocenters. The fourth-order valence-electron chi connectivity index (χ4n) is 4.50. The van der Waals surface area contributed by atoms with E-state index in [0.29, 0.717) is 25.6 Å². The first-order valence-electron chi connectivity index (χ1n) is 12.0. The first-order chi connectivity index (χ1) is 16.7. The van der Waals surface area contributed by atoms with Gasteiger partial charge >= 0.3 is 7.12 Å². The Morgan fingerprint density at radius 1 is 0.971 bits per heavy atom. The van der Waals surface area contributed by atoms with Crippen LogP contribution >= 0.6 is 0 Å². The Kier molecular flexibility index (Phi) is 9.07. The number of methoxy groups -OCH3 is 1. The highest BCUT2D eigenvalue weighted by molar-refractivity contribution is 6.99. The number of hydrogen-bond acceptors (Lipinski definition) is 7. The zero-order valence-electron chi connectivity index (χ0n) is 21.3. The van der Waals surface area contributed by atoms with Crippen LogP contribution in [0.5, 0.6) is 5.88 Å². The van der Waals surface area contributed by atoms with Crippen LogP contribution in [0.1, 0.15) is 34.1 Å². The third-order valence-corrected chi connectivity index (χ3v) is 11.3. The summed E-state index contributed by atoms with van der Waals surface area (Å²) in [4.78, 5) is 10.7. The van der Waals surface area contributed by atoms with Crippen LogP contribution in [-0.4, -0.2) is 62.3 Å². The van der Waals surface area contributed by atoms with Gasteiger partial charge in [0.05, 0.1) is 12.6 Å². The quantitative estimate of drug-likeness (QED) is 0.312. The molecule has 3 aromatic rings. The first-order valence-corrected chi connectivity index (χ1v) is 13.9. The molecule has 2 N–H and O–H groups in total. The molecule has 1 heterocycles. The Morgan fingerprint density at radius 2 is 1.54 bits per heavy atom. The van der Waals surface area contributed by atoms with E-state index in [1.165, 1.54) is 23.7 Å². The van der Waals surface area contributed by atoms with Gasteiger partial charge in [-0.05, 0) is 28.8 Å². The molecular weight excluding hydrogens is 457 g/mol. The average Bonchev–Trinajstić information content (AvgIpc) is 2.86. The van der Waals surface area contributed by atoms with Gasteiger partial charge in [-0.1, -0.05) is 81.4 Å². The van der Waals surface area contributed by atoms with Crippen LogP contribution in [0, 0.1) is 0 Å². The van der Waals surface area contributed by atoms with Crippen molar-refractivity contribution in [3.63, 3.8) is 0 Å². The maximum absolute atomic E-state index is 9.49. The molecule has 0 spiro atoms. The molecule has 0 saturated carbocycles. The SMILES string of the molecule is CCN(CCCO[Si](c1ccccc1)(c1ccccc1)C(C)(C)C)c1ncc(B(O)O)c(OC)n1. The summed E-state index contributed by atoms with van der Waals surface area (Å²) in [6.45, 7) is 10.8. The smallest absolute Gasteiger partial charge is 0.481 e. The number of benzene rings is 2. The summed E-state index contributed by atoms with van der Waals surface area (Å²) in [5.41, 5.74) is 0.141. The van der Waals surface area contributed by atoms with Crippen LogP contribution in [0.25, 0.3) is 0 Å². The molecule has 0 radical (unpaired) electrons. The highest BCUT2D eigenvalue weighted by atomic mass is 28.4. The molecule has 0 aliphatic heterocycles. The fraction of sp³-hybridized carbons (Fsp3) is 0.385. The van der Waals surface area contributed by atoms with Gasteiger partial charge in [-0.25, -0.2) is 4.98 Å². The minimum absolute atomic E-state index is 0.0718. The van der Waals surface area contributed by atoms with Gasteiger partial charge in [-0.3, -0.25) is 0 Å². The lowest BCUT2D eigenvalue weighted by atomic mass is 9.82. The van der Waals surface area contributed by atoms with Crippen LogP contribution in [0.3, 0.4) is 0 Å². The highest BCUT2D eigenvalue weighted by Gasteiger charge is 2.49. The summed E-state index contributed by atoms with van der Waals surface area (Å²) < 4.78 is 12.2. The minimum Gasteiger partial charge on any atom is -0.481 e. The summed E-state index contributed by atoms with van der Waals surface area (Å²) in [7, 11) is -2.81. The van der Waals surface area contributed by atoms with E-state index in [4.69, 9.17) is 9.16 Å². The molecule has 3 rings (SSSR count). The van der Waals surface area contributed by atoms with Gasteiger partial charge in [-0.15, -0.1) is 0 Å². The van der Waals surface area contributed by atoms with Crippen molar-refractivity contribution in [3.05, 3.63) is 66.9 Å². The van der Waals surface area contributed by atoms with Crippen LogP contribution in [0.2, 0.25) is 5.04 Å². The largest absolute Gasteiger partial charge is 0.495 e. The second kappa shape index (κ2) is 11.8. The van der Waals surface area contributed by atoms with Crippen molar-refractivity contribution in [3.8, 4) is 5.88 Å². The number of aromatic nitrogens is 2. The Bertz CT molecular complexity index is 1030. The monoisotopic (exact) mass is 493 g/mol. The van der Waals surface area contributed by atoms with Crippen molar-refractivity contribution < 1.29 is 19.2 Å². The van der Waals surface area contributed by atoms with E-state index in [1.54, 1.807) is 0 Å². The molecular formula is C26H36BN3O4Si. The van der Waals surface area contributed by atoms with E-state index >= 15 is 0 Å². The summed E-state index contributed by atoms with van der Waals surface area (Å²) >= 11 is 0. The standard InChI is InChI=1S/C26H36BN3O4Si/c1-6-30(25-28-20-23(27(31)32)24(29-25)33-5)18-13-19-34-35(26(2,3)4,21-14-9-7-10-15-21)22-16-11-8-12-17-22/h7-12,14-17,20,31-32H,6,13,18-19H2,1-5H3. The van der Waals surface area contributed by atoms with Gasteiger partial charge in [0.15, 0.2) is 0 Å². The van der Waals surface area contributed by atoms with E-state index < -0.39 is 15.4 Å². The van der Waals surface area contributed by atoms with Crippen molar-refractivity contribution in [2.75, 3.05) is 31.7 Å². The van der Waals surface area contributed by atoms with E-state index in [9.17, 15) is 10.0 Å². The molecule has 0 fully saturated rings. The van der Waals surface area contributed by atoms with Crippen molar-refractivity contribution in [2.24, 2.45) is 0 Å². The molecule has 0 bridgehead atoms. The Labute approximate surface area is 210 Å². The molecule has 0 atom stereocenters. The fourth-order valence-corrected chi connectivity index (χ4v) is 9.11. The van der Waals surface area contributed by atoms with Gasteiger partial charge in [0, 0.05) is 25.9 Å². The van der Waals surface area contributed by atoms with Gasteiger partial charge < -0.3 is 24.1 Å². The second-order valence-corrected chi connectivity index (χ2v) is 13.8. The van der Waals surface area contributed by atoms with E-state index in [-0.39, 0.29) is 16.4 Å². The van der Waals surface area contributed by atoms with Crippen molar-refractivity contribution in [1.29, 1.82) is 0 Å². The third-order valence-electron chi connectivity index (χ3n) is 6.21. The molecule has 186 valence electrons.